The van der Waals surface area contributed by atoms with Gasteiger partial charge in [0.05, 0.1) is 23.9 Å². The van der Waals surface area contributed by atoms with Crippen LogP contribution in [-0.4, -0.2) is 36.8 Å². The van der Waals surface area contributed by atoms with E-state index in [1.807, 2.05) is 49.4 Å². The fraction of sp³-hybridized carbons (Fsp3) is 0.304. The molecule has 1 atom stereocenters. The van der Waals surface area contributed by atoms with Crippen molar-refractivity contribution in [3.05, 3.63) is 59.1 Å². The third kappa shape index (κ3) is 4.52. The molecule has 6 heteroatoms. The van der Waals surface area contributed by atoms with Gasteiger partial charge < -0.3 is 14.8 Å². The zero-order chi connectivity index (χ0) is 20.2. The number of nitrogens with one attached hydrogen (secondary N) is 1. The molecule has 0 radical (unpaired) electrons. The molecule has 3 aromatic rings. The van der Waals surface area contributed by atoms with Crippen LogP contribution in [0.25, 0.3) is 22.2 Å². The summed E-state index contributed by atoms with van der Waals surface area (Å²) in [4.78, 5) is 17.3. The lowest BCUT2D eigenvalue weighted by molar-refractivity contribution is 0.0858. The summed E-state index contributed by atoms with van der Waals surface area (Å²) in [5.74, 6) is 0.574. The van der Waals surface area contributed by atoms with Gasteiger partial charge in [-0.25, -0.2) is 4.98 Å². The van der Waals surface area contributed by atoms with Gasteiger partial charge in [-0.3, -0.25) is 4.79 Å². The van der Waals surface area contributed by atoms with E-state index in [1.54, 1.807) is 6.07 Å². The van der Waals surface area contributed by atoms with Crippen molar-refractivity contribution in [3.63, 3.8) is 0 Å². The van der Waals surface area contributed by atoms with Crippen molar-refractivity contribution in [2.45, 2.75) is 25.9 Å². The van der Waals surface area contributed by atoms with E-state index in [2.05, 4.69) is 5.32 Å². The topological polar surface area (TPSA) is 60.5 Å². The van der Waals surface area contributed by atoms with E-state index < -0.39 is 0 Å². The third-order valence-corrected chi connectivity index (χ3v) is 5.20. The summed E-state index contributed by atoms with van der Waals surface area (Å²) >= 11 is 6.13. The Morgan fingerprint density at radius 3 is 2.93 bits per heavy atom. The Labute approximate surface area is 175 Å². The molecule has 1 aromatic heterocycles. The van der Waals surface area contributed by atoms with Crippen LogP contribution in [0.3, 0.4) is 0 Å². The summed E-state index contributed by atoms with van der Waals surface area (Å²) in [6.45, 7) is 3.75. The van der Waals surface area contributed by atoms with Gasteiger partial charge in [-0.05, 0) is 50.1 Å². The second-order valence-electron chi connectivity index (χ2n) is 7.03. The van der Waals surface area contributed by atoms with Crippen LogP contribution in [0.4, 0.5) is 0 Å². The Balaban J connectivity index is 1.65. The summed E-state index contributed by atoms with van der Waals surface area (Å²) < 4.78 is 11.4. The fourth-order valence-corrected chi connectivity index (χ4v) is 3.71. The number of hydrogen-bond acceptors (Lipinski definition) is 4. The third-order valence-electron chi connectivity index (χ3n) is 4.97. The van der Waals surface area contributed by atoms with Crippen molar-refractivity contribution in [1.29, 1.82) is 0 Å². The Hall–Kier alpha value is -2.63. The summed E-state index contributed by atoms with van der Waals surface area (Å²) in [6.07, 6.45) is 2.15. The van der Waals surface area contributed by atoms with Crippen molar-refractivity contribution in [1.82, 2.24) is 10.3 Å². The molecule has 0 bridgehead atoms. The Bertz CT molecular complexity index is 1030. The van der Waals surface area contributed by atoms with Crippen LogP contribution in [-0.2, 0) is 4.74 Å². The van der Waals surface area contributed by atoms with Crippen LogP contribution in [0, 0.1) is 0 Å². The number of halogens is 1. The monoisotopic (exact) mass is 410 g/mol. The molecule has 1 amide bonds. The zero-order valence-electron chi connectivity index (χ0n) is 16.3. The summed E-state index contributed by atoms with van der Waals surface area (Å²) in [6, 6.07) is 14.9. The molecule has 29 heavy (non-hydrogen) atoms. The summed E-state index contributed by atoms with van der Waals surface area (Å²) in [5, 5.41) is 4.42. The van der Waals surface area contributed by atoms with Crippen LogP contribution < -0.4 is 10.1 Å². The van der Waals surface area contributed by atoms with Gasteiger partial charge >= 0.3 is 0 Å². The number of carbonyl (C=O) groups is 1. The maximum atomic E-state index is 12.6. The van der Waals surface area contributed by atoms with Gasteiger partial charge in [0.2, 0.25) is 0 Å². The molecule has 2 aromatic carbocycles. The number of benzene rings is 2. The van der Waals surface area contributed by atoms with E-state index in [0.717, 1.165) is 41.6 Å². The molecule has 1 fully saturated rings. The molecule has 1 saturated heterocycles. The molecule has 5 nitrogen and oxygen atoms in total. The van der Waals surface area contributed by atoms with Crippen molar-refractivity contribution in [3.8, 4) is 17.0 Å². The van der Waals surface area contributed by atoms with Crippen LogP contribution in [0.15, 0.2) is 48.5 Å². The minimum absolute atomic E-state index is 0.111. The molecule has 150 valence electrons. The molecule has 4 rings (SSSR count). The number of carbonyl (C=O) groups excluding carboxylic acids is 1. The quantitative estimate of drug-likeness (QED) is 0.630. The average molecular weight is 411 g/mol. The molecule has 0 aliphatic carbocycles. The van der Waals surface area contributed by atoms with Crippen LogP contribution in [0.5, 0.6) is 5.75 Å². The standard InChI is InChI=1S/C23H23ClN2O3/c1-2-28-22-13-21(15-5-3-6-17(24)11-15)26-20-9-8-16(12-19(20)22)23(27)25-14-18-7-4-10-29-18/h3,5-6,8-9,11-13,18H,2,4,7,10,14H2,1H3,(H,25,27). The molecular formula is C23H23ClN2O3. The van der Waals surface area contributed by atoms with Crippen LogP contribution in [0.1, 0.15) is 30.1 Å². The van der Waals surface area contributed by atoms with E-state index in [0.29, 0.717) is 29.5 Å². The van der Waals surface area contributed by atoms with Gasteiger partial charge in [0, 0.05) is 40.8 Å². The second kappa shape index (κ2) is 8.80. The predicted octanol–water partition coefficient (Wildman–Crippen LogP) is 4.86. The minimum Gasteiger partial charge on any atom is -0.493 e. The molecule has 0 saturated carbocycles. The number of pyridine rings is 1. The SMILES string of the molecule is CCOc1cc(-c2cccc(Cl)c2)nc2ccc(C(=O)NCC3CCCO3)cc12. The number of rotatable bonds is 6. The second-order valence-corrected chi connectivity index (χ2v) is 7.46. The Morgan fingerprint density at radius 2 is 2.17 bits per heavy atom. The first-order chi connectivity index (χ1) is 14.1. The van der Waals surface area contributed by atoms with E-state index >= 15 is 0 Å². The molecule has 1 unspecified atom stereocenters. The molecule has 1 aliphatic heterocycles. The number of fused-ring (bicyclic) bond motifs is 1. The van der Waals surface area contributed by atoms with Gasteiger partial charge in [0.25, 0.3) is 5.91 Å². The van der Waals surface area contributed by atoms with Crippen molar-refractivity contribution in [2.75, 3.05) is 19.8 Å². The lowest BCUT2D eigenvalue weighted by atomic mass is 10.1. The maximum absolute atomic E-state index is 12.6. The van der Waals surface area contributed by atoms with Gasteiger partial charge in [-0.15, -0.1) is 0 Å². The van der Waals surface area contributed by atoms with Gasteiger partial charge in [0.15, 0.2) is 0 Å². The minimum atomic E-state index is -0.122. The van der Waals surface area contributed by atoms with Gasteiger partial charge in [-0.2, -0.15) is 0 Å². The largest absolute Gasteiger partial charge is 0.493 e. The van der Waals surface area contributed by atoms with Crippen LogP contribution >= 0.6 is 11.6 Å². The van der Waals surface area contributed by atoms with E-state index in [4.69, 9.17) is 26.1 Å². The van der Waals surface area contributed by atoms with Gasteiger partial charge in [0.1, 0.15) is 5.75 Å². The Kier molecular flexibility index (Phi) is 5.97. The first kappa shape index (κ1) is 19.7. The molecular weight excluding hydrogens is 388 g/mol. The van der Waals surface area contributed by atoms with E-state index in [9.17, 15) is 4.79 Å². The highest BCUT2D eigenvalue weighted by atomic mass is 35.5. The lowest BCUT2D eigenvalue weighted by Gasteiger charge is -2.13. The maximum Gasteiger partial charge on any atom is 0.251 e. The summed E-state index contributed by atoms with van der Waals surface area (Å²) in [5.41, 5.74) is 3.04. The fourth-order valence-electron chi connectivity index (χ4n) is 3.52. The molecule has 1 N–H and O–H groups in total. The first-order valence-corrected chi connectivity index (χ1v) is 10.2. The number of nitrogens with zero attached hydrogens (tertiary/aromatic N) is 1. The van der Waals surface area contributed by atoms with E-state index in [-0.39, 0.29) is 12.0 Å². The summed E-state index contributed by atoms with van der Waals surface area (Å²) in [7, 11) is 0. The normalized spacial score (nSPS) is 16.1. The average Bonchev–Trinajstić information content (AvgIpc) is 3.25. The first-order valence-electron chi connectivity index (χ1n) is 9.87. The number of aromatic nitrogens is 1. The van der Waals surface area contributed by atoms with Crippen molar-refractivity contribution < 1.29 is 14.3 Å². The number of hydrogen-bond donors (Lipinski definition) is 1. The van der Waals surface area contributed by atoms with Crippen molar-refractivity contribution >= 4 is 28.4 Å². The Morgan fingerprint density at radius 1 is 1.28 bits per heavy atom. The highest BCUT2D eigenvalue weighted by Crippen LogP contribution is 2.31. The zero-order valence-corrected chi connectivity index (χ0v) is 17.0. The van der Waals surface area contributed by atoms with E-state index in [1.165, 1.54) is 0 Å². The highest BCUT2D eigenvalue weighted by Gasteiger charge is 2.17. The van der Waals surface area contributed by atoms with Crippen molar-refractivity contribution in [2.24, 2.45) is 0 Å². The molecule has 1 aliphatic rings. The highest BCUT2D eigenvalue weighted by molar-refractivity contribution is 6.30. The lowest BCUT2D eigenvalue weighted by Crippen LogP contribution is -2.31. The molecule has 2 heterocycles. The molecule has 0 spiro atoms. The predicted molar refractivity (Wildman–Crippen MR) is 115 cm³/mol. The number of ether oxygens (including phenoxy) is 2. The van der Waals surface area contributed by atoms with Crippen LogP contribution in [0.2, 0.25) is 5.02 Å². The number of amides is 1. The van der Waals surface area contributed by atoms with Gasteiger partial charge in [-0.1, -0.05) is 23.7 Å². The smallest absolute Gasteiger partial charge is 0.251 e.